The maximum Gasteiger partial charge on any atom is 0.282 e. The Labute approximate surface area is 160 Å². The quantitative estimate of drug-likeness (QED) is 0.780. The number of hydrogen-bond donors (Lipinski definition) is 2. The van der Waals surface area contributed by atoms with E-state index in [9.17, 15) is 4.79 Å². The van der Waals surface area contributed by atoms with Crippen LogP contribution >= 0.6 is 11.6 Å². The highest BCUT2D eigenvalue weighted by Crippen LogP contribution is 2.27. The molecular weight excluding hydrogens is 350 g/mol. The Kier molecular flexibility index (Phi) is 6.89. The number of carbonyl (C=O) groups is 1. The molecule has 2 rings (SSSR count). The van der Waals surface area contributed by atoms with Crippen LogP contribution in [0.1, 0.15) is 12.5 Å². The van der Waals surface area contributed by atoms with E-state index >= 15 is 0 Å². The first-order valence-electron chi connectivity index (χ1n) is 8.54. The third-order valence-electron chi connectivity index (χ3n) is 4.49. The number of ether oxygens (including phenoxy) is 1. The number of nitrogens with zero attached hydrogens (tertiary/aromatic N) is 1. The van der Waals surface area contributed by atoms with E-state index in [0.717, 1.165) is 17.1 Å². The van der Waals surface area contributed by atoms with Crippen LogP contribution in [0, 0.1) is 0 Å². The van der Waals surface area contributed by atoms with Gasteiger partial charge in [0.1, 0.15) is 12.3 Å². The number of amides is 1. The third kappa shape index (κ3) is 5.13. The van der Waals surface area contributed by atoms with Crippen LogP contribution in [0.3, 0.4) is 0 Å². The number of anilines is 2. The fraction of sp³-hybridized carbons (Fsp3) is 0.350. The molecule has 2 aromatic carbocycles. The van der Waals surface area contributed by atoms with E-state index in [1.807, 2.05) is 28.1 Å². The summed E-state index contributed by atoms with van der Waals surface area (Å²) in [6, 6.07) is 13.3. The van der Waals surface area contributed by atoms with Gasteiger partial charge < -0.3 is 19.9 Å². The molecule has 0 spiro atoms. The lowest BCUT2D eigenvalue weighted by Gasteiger charge is -2.22. The van der Waals surface area contributed by atoms with Gasteiger partial charge in [0.2, 0.25) is 0 Å². The maximum absolute atomic E-state index is 12.6. The van der Waals surface area contributed by atoms with Gasteiger partial charge in [-0.25, -0.2) is 0 Å². The van der Waals surface area contributed by atoms with E-state index < -0.39 is 0 Å². The topological polar surface area (TPSA) is 46.0 Å². The van der Waals surface area contributed by atoms with Gasteiger partial charge in [0, 0.05) is 30.4 Å². The molecule has 0 aliphatic heterocycles. The number of methoxy groups -OCH3 is 1. The van der Waals surface area contributed by atoms with Gasteiger partial charge in [-0.05, 0) is 37.3 Å². The zero-order valence-electron chi connectivity index (χ0n) is 16.0. The summed E-state index contributed by atoms with van der Waals surface area (Å²) in [6.45, 7) is 2.67. The molecule has 2 N–H and O–H groups in total. The standard InChI is InChI=1S/C20H26ClN3O2/c1-14(20(25)22-18-12-16(21)8-11-19(18)26-5)24(4)13-15-6-9-17(10-7-15)23(2)3/h6-12,14H,13H2,1-5H3,(H,22,25)/p+1/t14-/m1/s1. The average Bonchev–Trinajstić information content (AvgIpc) is 2.61. The Morgan fingerprint density at radius 3 is 2.46 bits per heavy atom. The van der Waals surface area contributed by atoms with Crippen molar-refractivity contribution in [3.8, 4) is 5.75 Å². The minimum atomic E-state index is -0.229. The predicted octanol–water partition coefficient (Wildman–Crippen LogP) is 2.46. The molecule has 0 saturated carbocycles. The zero-order chi connectivity index (χ0) is 19.3. The lowest BCUT2D eigenvalue weighted by molar-refractivity contribution is -0.907. The summed E-state index contributed by atoms with van der Waals surface area (Å²) in [5.41, 5.74) is 2.93. The smallest absolute Gasteiger partial charge is 0.282 e. The Morgan fingerprint density at radius 1 is 1.23 bits per heavy atom. The van der Waals surface area contributed by atoms with Crippen molar-refractivity contribution in [3.63, 3.8) is 0 Å². The predicted molar refractivity (Wildman–Crippen MR) is 107 cm³/mol. The van der Waals surface area contributed by atoms with Gasteiger partial charge in [-0.15, -0.1) is 0 Å². The first-order valence-corrected chi connectivity index (χ1v) is 8.92. The van der Waals surface area contributed by atoms with Gasteiger partial charge in [-0.2, -0.15) is 0 Å². The highest BCUT2D eigenvalue weighted by Gasteiger charge is 2.23. The second kappa shape index (κ2) is 8.92. The molecule has 0 radical (unpaired) electrons. The number of rotatable bonds is 7. The molecule has 0 aromatic heterocycles. The molecule has 1 amide bonds. The van der Waals surface area contributed by atoms with Gasteiger partial charge >= 0.3 is 0 Å². The number of carbonyl (C=O) groups excluding carboxylic acids is 1. The summed E-state index contributed by atoms with van der Waals surface area (Å²) in [5.74, 6) is 0.514. The molecule has 2 atom stereocenters. The van der Waals surface area contributed by atoms with Gasteiger partial charge in [0.25, 0.3) is 5.91 Å². The van der Waals surface area contributed by atoms with Crippen LogP contribution in [0.4, 0.5) is 11.4 Å². The first kappa shape index (κ1) is 20.1. The lowest BCUT2D eigenvalue weighted by Crippen LogP contribution is -3.12. The molecule has 140 valence electrons. The number of hydrogen-bond acceptors (Lipinski definition) is 3. The molecule has 0 aliphatic carbocycles. The first-order chi connectivity index (χ1) is 12.3. The summed E-state index contributed by atoms with van der Waals surface area (Å²) in [5, 5.41) is 3.47. The van der Waals surface area contributed by atoms with E-state index in [1.54, 1.807) is 25.3 Å². The fourth-order valence-corrected chi connectivity index (χ4v) is 2.80. The van der Waals surface area contributed by atoms with E-state index in [4.69, 9.17) is 16.3 Å². The van der Waals surface area contributed by atoms with Crippen molar-refractivity contribution >= 4 is 28.9 Å². The minimum Gasteiger partial charge on any atom is -0.495 e. The van der Waals surface area contributed by atoms with Crippen molar-refractivity contribution in [1.29, 1.82) is 0 Å². The highest BCUT2D eigenvalue weighted by molar-refractivity contribution is 6.31. The molecule has 0 heterocycles. The summed E-state index contributed by atoms with van der Waals surface area (Å²) < 4.78 is 5.28. The second-order valence-corrected chi connectivity index (χ2v) is 7.08. The van der Waals surface area contributed by atoms with Gasteiger partial charge in [0.15, 0.2) is 6.04 Å². The largest absolute Gasteiger partial charge is 0.495 e. The molecule has 5 nitrogen and oxygen atoms in total. The van der Waals surface area contributed by atoms with E-state index in [2.05, 4.69) is 34.5 Å². The number of likely N-dealkylation sites (N-methyl/N-ethyl adjacent to an activating group) is 1. The fourth-order valence-electron chi connectivity index (χ4n) is 2.63. The number of halogens is 1. The van der Waals surface area contributed by atoms with Crippen LogP contribution in [-0.2, 0) is 11.3 Å². The molecule has 0 aliphatic rings. The molecule has 0 saturated heterocycles. The van der Waals surface area contributed by atoms with E-state index in [0.29, 0.717) is 16.5 Å². The van der Waals surface area contributed by atoms with Gasteiger partial charge in [-0.3, -0.25) is 4.79 Å². The van der Waals surface area contributed by atoms with Crippen molar-refractivity contribution < 1.29 is 14.4 Å². The lowest BCUT2D eigenvalue weighted by atomic mass is 10.1. The summed E-state index contributed by atoms with van der Waals surface area (Å²) in [4.78, 5) is 15.8. The van der Waals surface area contributed by atoms with E-state index in [-0.39, 0.29) is 11.9 Å². The summed E-state index contributed by atoms with van der Waals surface area (Å²) in [6.07, 6.45) is 0. The molecule has 1 unspecified atom stereocenters. The monoisotopic (exact) mass is 376 g/mol. The van der Waals surface area contributed by atoms with Crippen molar-refractivity contribution in [2.75, 3.05) is 38.5 Å². The van der Waals surface area contributed by atoms with E-state index in [1.165, 1.54) is 5.56 Å². The Morgan fingerprint density at radius 2 is 1.88 bits per heavy atom. The van der Waals surface area contributed by atoms with Crippen LogP contribution in [0.5, 0.6) is 5.75 Å². The van der Waals surface area contributed by atoms with Crippen LogP contribution in [0.15, 0.2) is 42.5 Å². The van der Waals surface area contributed by atoms with Gasteiger partial charge in [-0.1, -0.05) is 23.7 Å². The van der Waals surface area contributed by atoms with Crippen LogP contribution in [-0.4, -0.2) is 40.2 Å². The van der Waals surface area contributed by atoms with Crippen LogP contribution in [0.2, 0.25) is 5.02 Å². The second-order valence-electron chi connectivity index (χ2n) is 6.64. The molecule has 26 heavy (non-hydrogen) atoms. The summed E-state index contributed by atoms with van der Waals surface area (Å²) in [7, 11) is 7.61. The van der Waals surface area contributed by atoms with Crippen molar-refractivity contribution in [2.24, 2.45) is 0 Å². The number of nitrogens with one attached hydrogen (secondary N) is 2. The molecule has 6 heteroatoms. The van der Waals surface area contributed by atoms with Crippen LogP contribution < -0.4 is 19.9 Å². The maximum atomic E-state index is 12.6. The Hall–Kier alpha value is -2.24. The number of benzene rings is 2. The molecule has 0 fully saturated rings. The minimum absolute atomic E-state index is 0.0759. The molecule has 2 aromatic rings. The zero-order valence-corrected chi connectivity index (χ0v) is 16.7. The van der Waals surface area contributed by atoms with Crippen molar-refractivity contribution in [3.05, 3.63) is 53.1 Å². The highest BCUT2D eigenvalue weighted by atomic mass is 35.5. The average molecular weight is 377 g/mol. The molecule has 0 bridgehead atoms. The number of quaternary nitrogens is 1. The summed E-state index contributed by atoms with van der Waals surface area (Å²) >= 11 is 6.03. The van der Waals surface area contributed by atoms with Crippen molar-refractivity contribution in [2.45, 2.75) is 19.5 Å². The normalized spacial score (nSPS) is 13.0. The Balaban J connectivity index is 2.02. The Bertz CT molecular complexity index is 747. The molecular formula is C20H27ClN3O2+. The SMILES string of the molecule is COc1ccc(Cl)cc1NC(=O)[C@@H](C)[NH+](C)Cc1ccc(N(C)C)cc1. The third-order valence-corrected chi connectivity index (χ3v) is 4.72. The van der Waals surface area contributed by atoms with Gasteiger partial charge in [0.05, 0.1) is 19.8 Å². The van der Waals surface area contributed by atoms with Crippen molar-refractivity contribution in [1.82, 2.24) is 0 Å². The van der Waals surface area contributed by atoms with Crippen LogP contribution in [0.25, 0.3) is 0 Å².